The molecule has 1 aliphatic heterocycles. The van der Waals surface area contributed by atoms with E-state index in [-0.39, 0.29) is 55.8 Å². The number of likely N-dealkylation sites (N-methyl/N-ethyl adjacent to an activating group) is 6. The van der Waals surface area contributed by atoms with Crippen LogP contribution in [0.25, 0.3) is 0 Å². The molecular weight excluding hydrogens is 1200 g/mol. The molecule has 0 spiro atoms. The highest BCUT2D eigenvalue weighted by Crippen LogP contribution is 2.25. The Labute approximate surface area is 554 Å². The standard InChI is InChI=1S/C67H119N11O15/c1-28-29-30-40(12)55(80)54-60(85)72-51(44(16)92-46(18)79)65(90)73(22)43(15)62(87)77(26)53(45(17)93-67(19,20)21)59(84)71-47(31-35(2)3)63(88)75(24)49(33-37(6)7)57(82)68-41(13)56(81)69-42(14)61(86)74(23)50(34-38(8)9)58(83)70-48(32-36(4)5)64(89)76(25)52(39(10)11)66(91)78(54)27/h28-29,35-45,47-55,80H,30-34H2,1-27H3,(H,68,82)(H,69,81)(H,70,83)(H,71,84)(H,72,85)/t40-,41+,42-,43-,44?,45?,47+,48+,49+,50+,51+,52+,53+,54+,55-/m1/s1. The van der Waals surface area contributed by atoms with Crippen LogP contribution in [-0.2, 0) is 67.0 Å². The first kappa shape index (κ1) is 84.3. The van der Waals surface area contributed by atoms with E-state index in [0.717, 1.165) is 21.6 Å². The number of ether oxygens (including phenoxy) is 2. The molecule has 26 heteroatoms. The van der Waals surface area contributed by atoms with Crippen LogP contribution in [0, 0.1) is 35.5 Å². The smallest absolute Gasteiger partial charge is 0.302 e. The van der Waals surface area contributed by atoms with Gasteiger partial charge >= 0.3 is 5.97 Å². The SMILES string of the molecule is CC=CC[C@@H](C)[C@@H](O)[C@H]1C(=O)N[C@@H](C(C)OC(C)=O)C(=O)N(C)[C@H](C)C(=O)N(C)[C@@H](C(C)OC(C)(C)C)C(=O)N[C@@H](CC(C)C)C(=O)N(C)[C@@H](CC(C)C)C(=O)N[C@@H](C)C(=O)N[C@H](C)C(=O)N(C)[C@@H](CC(C)C)C(=O)N[C@@H](CC(C)C)C(=O)N(C)[C@@H](C(C)C)C(=O)N1C. The maximum Gasteiger partial charge on any atom is 0.302 e. The Hall–Kier alpha value is -6.70. The van der Waals surface area contributed by atoms with Crippen molar-refractivity contribution in [1.82, 2.24) is 56.0 Å². The molecule has 532 valence electrons. The van der Waals surface area contributed by atoms with Gasteiger partial charge in [0.2, 0.25) is 65.0 Å². The molecule has 0 saturated carbocycles. The number of aliphatic hydroxyl groups excluding tert-OH is 1. The van der Waals surface area contributed by atoms with Crippen molar-refractivity contribution in [3.8, 4) is 0 Å². The molecule has 11 amide bonds. The monoisotopic (exact) mass is 1320 g/mol. The fourth-order valence-electron chi connectivity index (χ4n) is 11.6. The van der Waals surface area contributed by atoms with E-state index in [9.17, 15) is 38.7 Å². The van der Waals surface area contributed by atoms with Gasteiger partial charge in [0.05, 0.1) is 17.8 Å². The van der Waals surface area contributed by atoms with E-state index >= 15 is 24.0 Å². The first-order chi connectivity index (χ1) is 42.7. The molecule has 1 aliphatic rings. The minimum absolute atomic E-state index is 0.0620. The summed E-state index contributed by atoms with van der Waals surface area (Å²) in [7, 11) is 8.04. The number of nitrogens with one attached hydrogen (secondary N) is 5. The molecule has 1 heterocycles. The third-order valence-corrected chi connectivity index (χ3v) is 16.8. The second kappa shape index (κ2) is 37.4. The summed E-state index contributed by atoms with van der Waals surface area (Å²) in [5, 5.41) is 26.0. The average Bonchev–Trinajstić information content (AvgIpc) is 1.07. The third-order valence-electron chi connectivity index (χ3n) is 16.8. The lowest BCUT2D eigenvalue weighted by molar-refractivity contribution is -0.159. The van der Waals surface area contributed by atoms with Crippen LogP contribution in [0.2, 0.25) is 0 Å². The van der Waals surface area contributed by atoms with Crippen LogP contribution in [-0.4, -0.2) is 238 Å². The summed E-state index contributed by atoms with van der Waals surface area (Å²) in [5.41, 5.74) is -0.891. The fourth-order valence-corrected chi connectivity index (χ4v) is 11.6. The molecule has 0 aromatic rings. The number of rotatable bonds is 17. The molecule has 6 N–H and O–H groups in total. The van der Waals surface area contributed by atoms with Gasteiger partial charge in [-0.1, -0.05) is 88.3 Å². The van der Waals surface area contributed by atoms with Gasteiger partial charge in [-0.2, -0.15) is 0 Å². The third kappa shape index (κ3) is 24.9. The summed E-state index contributed by atoms with van der Waals surface area (Å²) < 4.78 is 11.9. The van der Waals surface area contributed by atoms with Crippen molar-refractivity contribution in [2.45, 2.75) is 268 Å². The highest BCUT2D eigenvalue weighted by Gasteiger charge is 2.47. The summed E-state index contributed by atoms with van der Waals surface area (Å²) in [6.45, 7) is 34.9. The molecular formula is C67H119N11O15. The van der Waals surface area contributed by atoms with Gasteiger partial charge in [-0.05, 0) is 130 Å². The van der Waals surface area contributed by atoms with Crippen LogP contribution in [0.1, 0.15) is 178 Å². The number of carbonyl (C=O) groups excluding carboxylic acids is 12. The lowest BCUT2D eigenvalue weighted by Gasteiger charge is -2.41. The Morgan fingerprint density at radius 3 is 1.33 bits per heavy atom. The van der Waals surface area contributed by atoms with Gasteiger partial charge in [-0.3, -0.25) is 57.5 Å². The van der Waals surface area contributed by atoms with Crippen molar-refractivity contribution in [2.75, 3.05) is 42.3 Å². The number of nitrogens with zero attached hydrogens (tertiary/aromatic N) is 6. The minimum atomic E-state index is -1.80. The molecule has 1 rings (SSSR count). The first-order valence-electron chi connectivity index (χ1n) is 32.9. The number of carbonyl (C=O) groups is 12. The molecule has 0 aromatic carbocycles. The molecule has 26 nitrogen and oxygen atoms in total. The van der Waals surface area contributed by atoms with Gasteiger partial charge in [0, 0.05) is 49.2 Å². The zero-order chi connectivity index (χ0) is 72.3. The van der Waals surface area contributed by atoms with Crippen molar-refractivity contribution in [1.29, 1.82) is 0 Å². The van der Waals surface area contributed by atoms with E-state index < -0.39 is 173 Å². The number of hydrogen-bond donors (Lipinski definition) is 6. The van der Waals surface area contributed by atoms with E-state index in [0.29, 0.717) is 0 Å². The zero-order valence-corrected chi connectivity index (χ0v) is 61.1. The summed E-state index contributed by atoms with van der Waals surface area (Å²) in [5.74, 6) is -11.8. The van der Waals surface area contributed by atoms with Gasteiger partial charge in [0.25, 0.3) is 0 Å². The van der Waals surface area contributed by atoms with Crippen LogP contribution < -0.4 is 26.6 Å². The molecule has 0 aromatic heterocycles. The summed E-state index contributed by atoms with van der Waals surface area (Å²) >= 11 is 0. The highest BCUT2D eigenvalue weighted by atomic mass is 16.5. The zero-order valence-electron chi connectivity index (χ0n) is 61.1. The molecule has 0 aliphatic carbocycles. The largest absolute Gasteiger partial charge is 0.460 e. The van der Waals surface area contributed by atoms with Crippen LogP contribution in [0.4, 0.5) is 0 Å². The molecule has 1 fully saturated rings. The van der Waals surface area contributed by atoms with Crippen molar-refractivity contribution in [2.24, 2.45) is 35.5 Å². The Morgan fingerprint density at radius 1 is 0.484 bits per heavy atom. The van der Waals surface area contributed by atoms with Gasteiger partial charge in [-0.15, -0.1) is 0 Å². The van der Waals surface area contributed by atoms with E-state index in [1.54, 1.807) is 67.5 Å². The molecule has 93 heavy (non-hydrogen) atoms. The first-order valence-corrected chi connectivity index (χ1v) is 32.9. The summed E-state index contributed by atoms with van der Waals surface area (Å²) in [4.78, 5) is 182. The van der Waals surface area contributed by atoms with Crippen molar-refractivity contribution >= 4 is 70.9 Å². The number of esters is 1. The van der Waals surface area contributed by atoms with Gasteiger partial charge in [0.1, 0.15) is 72.6 Å². The van der Waals surface area contributed by atoms with Crippen LogP contribution >= 0.6 is 0 Å². The number of aliphatic hydroxyl groups is 1. The molecule has 0 bridgehead atoms. The summed E-state index contributed by atoms with van der Waals surface area (Å²) in [6, 6.07) is -15.4. The van der Waals surface area contributed by atoms with Crippen molar-refractivity contribution < 1.29 is 72.1 Å². The molecule has 2 unspecified atom stereocenters. The van der Waals surface area contributed by atoms with Crippen molar-refractivity contribution in [3.05, 3.63) is 12.2 Å². The van der Waals surface area contributed by atoms with Crippen LogP contribution in [0.5, 0.6) is 0 Å². The quantitative estimate of drug-likeness (QED) is 0.0898. The molecule has 0 radical (unpaired) electrons. The highest BCUT2D eigenvalue weighted by molar-refractivity contribution is 6.00. The topological polar surface area (TPSA) is 323 Å². The van der Waals surface area contributed by atoms with E-state index in [1.165, 1.54) is 84.7 Å². The van der Waals surface area contributed by atoms with E-state index in [2.05, 4.69) is 26.6 Å². The Kier molecular flexibility index (Phi) is 33.9. The fraction of sp³-hybridized carbons (Fsp3) is 0.791. The second-order valence-corrected chi connectivity index (χ2v) is 28.6. The second-order valence-electron chi connectivity index (χ2n) is 28.6. The van der Waals surface area contributed by atoms with E-state index in [4.69, 9.17) is 9.47 Å². The predicted octanol–water partition coefficient (Wildman–Crippen LogP) is 3.40. The summed E-state index contributed by atoms with van der Waals surface area (Å²) in [6.07, 6.45) is -0.0966. The molecule has 1 saturated heterocycles. The minimum Gasteiger partial charge on any atom is -0.460 e. The normalized spacial score (nSPS) is 27.1. The van der Waals surface area contributed by atoms with Crippen LogP contribution in [0.3, 0.4) is 0 Å². The Morgan fingerprint density at radius 2 is 0.892 bits per heavy atom. The average molecular weight is 1320 g/mol. The van der Waals surface area contributed by atoms with E-state index in [1.807, 2.05) is 55.4 Å². The molecule has 15 atom stereocenters. The van der Waals surface area contributed by atoms with Gasteiger partial charge < -0.3 is 70.6 Å². The maximum atomic E-state index is 15.3. The maximum absolute atomic E-state index is 15.3. The van der Waals surface area contributed by atoms with Crippen molar-refractivity contribution in [3.63, 3.8) is 0 Å². The number of hydrogen-bond acceptors (Lipinski definition) is 15. The lowest BCUT2D eigenvalue weighted by Crippen LogP contribution is -2.65. The van der Waals surface area contributed by atoms with Gasteiger partial charge in [-0.25, -0.2) is 0 Å². The number of allylic oxidation sites excluding steroid dienone is 2. The Bertz CT molecular complexity index is 2610. The number of amides is 11. The Balaban J connectivity index is 4.58. The lowest BCUT2D eigenvalue weighted by atomic mass is 9.91. The van der Waals surface area contributed by atoms with Crippen LogP contribution in [0.15, 0.2) is 12.2 Å². The van der Waals surface area contributed by atoms with Gasteiger partial charge in [0.15, 0.2) is 0 Å². The predicted molar refractivity (Wildman–Crippen MR) is 355 cm³/mol.